The monoisotopic (exact) mass is 187 g/mol. The van der Waals surface area contributed by atoms with Gasteiger partial charge in [-0.15, -0.1) is 0 Å². The number of ether oxygens (including phenoxy) is 1. The second-order valence-electron chi connectivity index (χ2n) is 3.48. The van der Waals surface area contributed by atoms with Crippen LogP contribution in [0.2, 0.25) is 0 Å². The van der Waals surface area contributed by atoms with Crippen LogP contribution in [0.25, 0.3) is 0 Å². The lowest BCUT2D eigenvalue weighted by Crippen LogP contribution is -2.45. The van der Waals surface area contributed by atoms with Crippen LogP contribution < -0.4 is 0 Å². The molecule has 1 aliphatic heterocycles. The molecule has 2 unspecified atom stereocenters. The number of piperidine rings is 1. The zero-order valence-electron chi connectivity index (χ0n) is 8.19. The van der Waals surface area contributed by atoms with E-state index < -0.39 is 6.10 Å². The average Bonchev–Trinajstić information content (AvgIpc) is 2.09. The number of aliphatic hydroxyl groups excluding tert-OH is 1. The molecule has 1 fully saturated rings. The number of esters is 1. The summed E-state index contributed by atoms with van der Waals surface area (Å²) in [5, 5.41) is 9.56. The molecule has 1 aliphatic rings. The summed E-state index contributed by atoms with van der Waals surface area (Å²) in [6.07, 6.45) is 0.121. The van der Waals surface area contributed by atoms with E-state index in [4.69, 9.17) is 4.74 Å². The van der Waals surface area contributed by atoms with Crippen molar-refractivity contribution in [3.05, 3.63) is 0 Å². The number of aliphatic hydroxyl groups is 1. The molecule has 0 aromatic heterocycles. The molecule has 1 saturated heterocycles. The maximum atomic E-state index is 11.3. The van der Waals surface area contributed by atoms with Crippen molar-refractivity contribution in [2.24, 2.45) is 5.92 Å². The van der Waals surface area contributed by atoms with Gasteiger partial charge in [-0.05, 0) is 20.4 Å². The molecule has 2 atom stereocenters. The molecule has 76 valence electrons. The quantitative estimate of drug-likeness (QED) is 0.611. The van der Waals surface area contributed by atoms with Crippen molar-refractivity contribution in [1.29, 1.82) is 0 Å². The molecular weight excluding hydrogens is 170 g/mol. The van der Waals surface area contributed by atoms with Crippen LogP contribution in [0, 0.1) is 5.92 Å². The first-order valence-electron chi connectivity index (χ1n) is 4.68. The van der Waals surface area contributed by atoms with Crippen molar-refractivity contribution in [3.63, 3.8) is 0 Å². The third-order valence-corrected chi connectivity index (χ3v) is 2.37. The lowest BCUT2D eigenvalue weighted by Gasteiger charge is -2.32. The summed E-state index contributed by atoms with van der Waals surface area (Å²) in [5.74, 6) is -0.639. The van der Waals surface area contributed by atoms with E-state index in [1.807, 2.05) is 11.9 Å². The first kappa shape index (κ1) is 10.5. The van der Waals surface area contributed by atoms with Gasteiger partial charge in [0.05, 0.1) is 18.6 Å². The molecule has 0 aliphatic carbocycles. The molecule has 1 rings (SSSR count). The molecule has 0 aromatic rings. The second kappa shape index (κ2) is 4.58. The Morgan fingerprint density at radius 1 is 1.69 bits per heavy atom. The minimum absolute atomic E-state index is 0.276. The molecule has 0 spiro atoms. The predicted octanol–water partition coefficient (Wildman–Crippen LogP) is -0.138. The van der Waals surface area contributed by atoms with Crippen molar-refractivity contribution in [2.45, 2.75) is 19.4 Å². The zero-order chi connectivity index (χ0) is 9.84. The van der Waals surface area contributed by atoms with E-state index >= 15 is 0 Å². The van der Waals surface area contributed by atoms with Gasteiger partial charge in [-0.25, -0.2) is 0 Å². The number of hydrogen-bond donors (Lipinski definition) is 1. The molecule has 13 heavy (non-hydrogen) atoms. The third kappa shape index (κ3) is 2.67. The van der Waals surface area contributed by atoms with Gasteiger partial charge in [0, 0.05) is 13.1 Å². The van der Waals surface area contributed by atoms with Gasteiger partial charge in [-0.2, -0.15) is 0 Å². The molecule has 0 amide bonds. The fraction of sp³-hybridized carbons (Fsp3) is 0.889. The van der Waals surface area contributed by atoms with Crippen LogP contribution in [0.15, 0.2) is 0 Å². The smallest absolute Gasteiger partial charge is 0.312 e. The van der Waals surface area contributed by atoms with Crippen LogP contribution in [0.3, 0.4) is 0 Å². The van der Waals surface area contributed by atoms with E-state index in [2.05, 4.69) is 0 Å². The lowest BCUT2D eigenvalue weighted by molar-refractivity contribution is -0.154. The molecule has 4 nitrogen and oxygen atoms in total. The van der Waals surface area contributed by atoms with Crippen molar-refractivity contribution >= 4 is 5.97 Å². The van der Waals surface area contributed by atoms with Gasteiger partial charge >= 0.3 is 5.97 Å². The molecule has 0 radical (unpaired) electrons. The highest BCUT2D eigenvalue weighted by molar-refractivity contribution is 5.73. The van der Waals surface area contributed by atoms with Gasteiger partial charge in [-0.3, -0.25) is 4.79 Å². The summed E-state index contributed by atoms with van der Waals surface area (Å²) in [6, 6.07) is 0. The largest absolute Gasteiger partial charge is 0.466 e. The molecular formula is C9H17NO3. The fourth-order valence-corrected chi connectivity index (χ4v) is 1.58. The van der Waals surface area contributed by atoms with Gasteiger partial charge in [0.25, 0.3) is 0 Å². The highest BCUT2D eigenvalue weighted by atomic mass is 16.5. The fourth-order valence-electron chi connectivity index (χ4n) is 1.58. The Bertz CT molecular complexity index is 184. The minimum Gasteiger partial charge on any atom is -0.466 e. The SMILES string of the molecule is CCOC(=O)C1CN(C)CCC1O. The normalized spacial score (nSPS) is 30.1. The summed E-state index contributed by atoms with van der Waals surface area (Å²) in [5.41, 5.74) is 0. The highest BCUT2D eigenvalue weighted by Crippen LogP contribution is 2.17. The maximum absolute atomic E-state index is 11.3. The van der Waals surface area contributed by atoms with Crippen molar-refractivity contribution in [2.75, 3.05) is 26.7 Å². The molecule has 0 saturated carbocycles. The van der Waals surface area contributed by atoms with Gasteiger partial charge < -0.3 is 14.7 Å². The van der Waals surface area contributed by atoms with E-state index in [1.165, 1.54) is 0 Å². The van der Waals surface area contributed by atoms with E-state index in [0.717, 1.165) is 6.54 Å². The summed E-state index contributed by atoms with van der Waals surface area (Å²) in [4.78, 5) is 13.4. The summed E-state index contributed by atoms with van der Waals surface area (Å²) < 4.78 is 4.87. The molecule has 1 heterocycles. The molecule has 0 bridgehead atoms. The first-order valence-corrected chi connectivity index (χ1v) is 4.68. The molecule has 1 N–H and O–H groups in total. The van der Waals surface area contributed by atoms with Crippen molar-refractivity contribution < 1.29 is 14.6 Å². The molecule has 4 heteroatoms. The van der Waals surface area contributed by atoms with Crippen LogP contribution in [0.4, 0.5) is 0 Å². The Morgan fingerprint density at radius 3 is 3.00 bits per heavy atom. The predicted molar refractivity (Wildman–Crippen MR) is 48.2 cm³/mol. The molecule has 0 aromatic carbocycles. The van der Waals surface area contributed by atoms with Gasteiger partial charge in [-0.1, -0.05) is 0 Å². The van der Waals surface area contributed by atoms with E-state index in [-0.39, 0.29) is 11.9 Å². The van der Waals surface area contributed by atoms with Gasteiger partial charge in [0.2, 0.25) is 0 Å². The van der Waals surface area contributed by atoms with E-state index in [1.54, 1.807) is 6.92 Å². The van der Waals surface area contributed by atoms with Gasteiger partial charge in [0.15, 0.2) is 0 Å². The number of carbonyl (C=O) groups is 1. The number of rotatable bonds is 2. The third-order valence-electron chi connectivity index (χ3n) is 2.37. The summed E-state index contributed by atoms with van der Waals surface area (Å²) in [7, 11) is 1.94. The Morgan fingerprint density at radius 2 is 2.38 bits per heavy atom. The van der Waals surface area contributed by atoms with Crippen molar-refractivity contribution in [1.82, 2.24) is 4.90 Å². The Hall–Kier alpha value is -0.610. The number of carbonyl (C=O) groups excluding carboxylic acids is 1. The second-order valence-corrected chi connectivity index (χ2v) is 3.48. The highest BCUT2D eigenvalue weighted by Gasteiger charge is 2.32. The number of hydrogen-bond acceptors (Lipinski definition) is 4. The maximum Gasteiger partial charge on any atom is 0.312 e. The van der Waals surface area contributed by atoms with Crippen LogP contribution in [-0.4, -0.2) is 48.8 Å². The zero-order valence-corrected chi connectivity index (χ0v) is 8.19. The summed E-state index contributed by atoms with van der Waals surface area (Å²) >= 11 is 0. The topological polar surface area (TPSA) is 49.8 Å². The Balaban J connectivity index is 2.50. The van der Waals surface area contributed by atoms with E-state index in [0.29, 0.717) is 19.6 Å². The van der Waals surface area contributed by atoms with Crippen LogP contribution >= 0.6 is 0 Å². The minimum atomic E-state index is -0.532. The average molecular weight is 187 g/mol. The Labute approximate surface area is 78.5 Å². The van der Waals surface area contributed by atoms with Crippen LogP contribution in [0.5, 0.6) is 0 Å². The van der Waals surface area contributed by atoms with Crippen molar-refractivity contribution in [3.8, 4) is 0 Å². The van der Waals surface area contributed by atoms with Crippen LogP contribution in [0.1, 0.15) is 13.3 Å². The first-order chi connectivity index (χ1) is 6.15. The van der Waals surface area contributed by atoms with Crippen LogP contribution in [-0.2, 0) is 9.53 Å². The van der Waals surface area contributed by atoms with Gasteiger partial charge in [0.1, 0.15) is 0 Å². The number of likely N-dealkylation sites (tertiary alicyclic amines) is 1. The number of nitrogens with zero attached hydrogens (tertiary/aromatic N) is 1. The lowest BCUT2D eigenvalue weighted by atomic mass is 9.95. The summed E-state index contributed by atoms with van der Waals surface area (Å²) in [6.45, 7) is 3.60. The Kier molecular flexibility index (Phi) is 3.69. The standard InChI is InChI=1S/C9H17NO3/c1-3-13-9(12)7-6-10(2)5-4-8(7)11/h7-8,11H,3-6H2,1-2H3. The van der Waals surface area contributed by atoms with E-state index in [9.17, 15) is 9.90 Å².